The van der Waals surface area contributed by atoms with Crippen molar-refractivity contribution in [3.63, 3.8) is 0 Å². The molecule has 0 amide bonds. The van der Waals surface area contributed by atoms with Crippen LogP contribution in [0.15, 0.2) is 30.3 Å². The van der Waals surface area contributed by atoms with Gasteiger partial charge >= 0.3 is 6.16 Å². The standard InChI is InChI=1S/C11H12O4/c12-11(14-8-10-6-7-13-10)15-9-4-2-1-3-5-9/h1-5,10H,6-8H2. The fourth-order valence-corrected chi connectivity index (χ4v) is 1.19. The monoisotopic (exact) mass is 208 g/mol. The van der Waals surface area contributed by atoms with Crippen LogP contribution in [-0.2, 0) is 9.47 Å². The van der Waals surface area contributed by atoms with Gasteiger partial charge in [-0.2, -0.15) is 0 Å². The molecule has 1 aliphatic heterocycles. The van der Waals surface area contributed by atoms with Crippen molar-refractivity contribution in [2.45, 2.75) is 12.5 Å². The number of benzene rings is 1. The molecule has 1 aromatic carbocycles. The van der Waals surface area contributed by atoms with Gasteiger partial charge in [-0.15, -0.1) is 0 Å². The molecular weight excluding hydrogens is 196 g/mol. The first-order valence-electron chi connectivity index (χ1n) is 4.86. The van der Waals surface area contributed by atoms with Crippen LogP contribution in [-0.4, -0.2) is 25.5 Å². The van der Waals surface area contributed by atoms with E-state index in [1.54, 1.807) is 24.3 Å². The van der Waals surface area contributed by atoms with Crippen molar-refractivity contribution in [2.75, 3.05) is 13.2 Å². The number of ether oxygens (including phenoxy) is 3. The van der Waals surface area contributed by atoms with Crippen molar-refractivity contribution in [1.29, 1.82) is 0 Å². The molecule has 0 aliphatic carbocycles. The summed E-state index contributed by atoms with van der Waals surface area (Å²) < 4.78 is 14.9. The molecule has 0 N–H and O–H groups in total. The third kappa shape index (κ3) is 2.95. The lowest BCUT2D eigenvalue weighted by Crippen LogP contribution is -2.32. The third-order valence-corrected chi connectivity index (χ3v) is 2.12. The molecule has 1 unspecified atom stereocenters. The molecule has 0 radical (unpaired) electrons. The lowest BCUT2D eigenvalue weighted by Gasteiger charge is -2.25. The number of para-hydroxylation sites is 1. The summed E-state index contributed by atoms with van der Waals surface area (Å²) in [5.74, 6) is 0.483. The molecule has 4 nitrogen and oxygen atoms in total. The molecule has 1 atom stereocenters. The molecule has 80 valence electrons. The maximum Gasteiger partial charge on any atom is 0.513 e. The lowest BCUT2D eigenvalue weighted by atomic mass is 10.2. The molecule has 1 saturated heterocycles. The van der Waals surface area contributed by atoms with Crippen molar-refractivity contribution >= 4 is 6.16 Å². The first-order valence-corrected chi connectivity index (χ1v) is 4.86. The predicted molar refractivity (Wildman–Crippen MR) is 52.8 cm³/mol. The van der Waals surface area contributed by atoms with E-state index < -0.39 is 6.16 Å². The molecule has 0 aromatic heterocycles. The summed E-state index contributed by atoms with van der Waals surface area (Å²) in [6.07, 6.45) is 0.309. The van der Waals surface area contributed by atoms with Gasteiger partial charge in [0.15, 0.2) is 0 Å². The molecular formula is C11H12O4. The second-order valence-corrected chi connectivity index (χ2v) is 3.26. The average molecular weight is 208 g/mol. The zero-order chi connectivity index (χ0) is 10.5. The molecule has 1 heterocycles. The highest BCUT2D eigenvalue weighted by Gasteiger charge is 2.20. The Morgan fingerprint density at radius 2 is 2.13 bits per heavy atom. The first kappa shape index (κ1) is 9.98. The second-order valence-electron chi connectivity index (χ2n) is 3.26. The minimum absolute atomic E-state index is 0.0494. The Hall–Kier alpha value is -1.55. The van der Waals surface area contributed by atoms with E-state index in [0.717, 1.165) is 13.0 Å². The van der Waals surface area contributed by atoms with Crippen molar-refractivity contribution in [3.8, 4) is 5.75 Å². The fraction of sp³-hybridized carbons (Fsp3) is 0.364. The topological polar surface area (TPSA) is 44.8 Å². The van der Waals surface area contributed by atoms with E-state index in [0.29, 0.717) is 5.75 Å². The van der Waals surface area contributed by atoms with Crippen LogP contribution >= 0.6 is 0 Å². The van der Waals surface area contributed by atoms with Crippen LogP contribution in [0.4, 0.5) is 4.79 Å². The molecule has 1 aromatic rings. The van der Waals surface area contributed by atoms with Gasteiger partial charge in [-0.05, 0) is 12.1 Å². The summed E-state index contributed by atoms with van der Waals surface area (Å²) in [6.45, 7) is 1.02. The average Bonchev–Trinajstić information content (AvgIpc) is 2.17. The van der Waals surface area contributed by atoms with E-state index in [1.807, 2.05) is 6.07 Å². The Labute approximate surface area is 87.8 Å². The normalized spacial score (nSPS) is 19.1. The summed E-state index contributed by atoms with van der Waals surface area (Å²) in [4.78, 5) is 11.2. The van der Waals surface area contributed by atoms with Gasteiger partial charge in [-0.1, -0.05) is 18.2 Å². The number of carbonyl (C=O) groups excluding carboxylic acids is 1. The van der Waals surface area contributed by atoms with Gasteiger partial charge in [0.2, 0.25) is 0 Å². The maximum atomic E-state index is 11.2. The summed E-state index contributed by atoms with van der Waals surface area (Å²) in [7, 11) is 0. The molecule has 1 aliphatic rings. The highest BCUT2D eigenvalue weighted by Crippen LogP contribution is 2.12. The zero-order valence-corrected chi connectivity index (χ0v) is 8.22. The Balaban J connectivity index is 1.72. The second kappa shape index (κ2) is 4.79. The van der Waals surface area contributed by atoms with E-state index in [1.165, 1.54) is 0 Å². The SMILES string of the molecule is O=C(OCC1CCO1)Oc1ccccc1. The number of hydrogen-bond acceptors (Lipinski definition) is 4. The summed E-state index contributed by atoms with van der Waals surface area (Å²) in [5, 5.41) is 0. The van der Waals surface area contributed by atoms with Gasteiger partial charge in [0.25, 0.3) is 0 Å². The highest BCUT2D eigenvalue weighted by atomic mass is 16.7. The molecule has 0 saturated carbocycles. The van der Waals surface area contributed by atoms with Crippen LogP contribution in [0, 0.1) is 0 Å². The minimum Gasteiger partial charge on any atom is -0.431 e. The predicted octanol–water partition coefficient (Wildman–Crippen LogP) is 1.99. The quantitative estimate of drug-likeness (QED) is 0.563. The van der Waals surface area contributed by atoms with E-state index in [9.17, 15) is 4.79 Å². The number of carbonyl (C=O) groups is 1. The van der Waals surface area contributed by atoms with Crippen LogP contribution in [0.2, 0.25) is 0 Å². The van der Waals surface area contributed by atoms with E-state index in [2.05, 4.69) is 0 Å². The van der Waals surface area contributed by atoms with Gasteiger partial charge in [-0.3, -0.25) is 0 Å². The van der Waals surface area contributed by atoms with Gasteiger partial charge in [0, 0.05) is 13.0 Å². The maximum absolute atomic E-state index is 11.2. The lowest BCUT2D eigenvalue weighted by molar-refractivity contribution is -0.0836. The van der Waals surface area contributed by atoms with Gasteiger partial charge in [-0.25, -0.2) is 4.79 Å². The minimum atomic E-state index is -0.684. The molecule has 2 rings (SSSR count). The van der Waals surface area contributed by atoms with E-state index >= 15 is 0 Å². The molecule has 4 heteroatoms. The van der Waals surface area contributed by atoms with Crippen molar-refractivity contribution in [3.05, 3.63) is 30.3 Å². The van der Waals surface area contributed by atoms with Crippen molar-refractivity contribution < 1.29 is 19.0 Å². The van der Waals surface area contributed by atoms with Gasteiger partial charge in [0.05, 0.1) is 6.10 Å². The van der Waals surface area contributed by atoms with Gasteiger partial charge < -0.3 is 14.2 Å². The molecule has 15 heavy (non-hydrogen) atoms. The smallest absolute Gasteiger partial charge is 0.431 e. The van der Waals surface area contributed by atoms with Crippen LogP contribution < -0.4 is 4.74 Å². The van der Waals surface area contributed by atoms with Crippen LogP contribution in [0.3, 0.4) is 0 Å². The zero-order valence-electron chi connectivity index (χ0n) is 8.22. The molecule has 0 spiro atoms. The largest absolute Gasteiger partial charge is 0.513 e. The van der Waals surface area contributed by atoms with Crippen LogP contribution in [0.1, 0.15) is 6.42 Å². The van der Waals surface area contributed by atoms with E-state index in [-0.39, 0.29) is 12.7 Å². The Kier molecular flexibility index (Phi) is 3.19. The summed E-state index contributed by atoms with van der Waals surface area (Å²) >= 11 is 0. The summed E-state index contributed by atoms with van der Waals surface area (Å²) in [6, 6.07) is 8.82. The molecule has 0 bridgehead atoms. The van der Waals surface area contributed by atoms with Crippen LogP contribution in [0.25, 0.3) is 0 Å². The Morgan fingerprint density at radius 3 is 2.73 bits per heavy atom. The molecule has 1 fully saturated rings. The Morgan fingerprint density at radius 1 is 1.40 bits per heavy atom. The first-order chi connectivity index (χ1) is 7.34. The summed E-state index contributed by atoms with van der Waals surface area (Å²) in [5.41, 5.74) is 0. The van der Waals surface area contributed by atoms with E-state index in [4.69, 9.17) is 14.2 Å². The Bertz CT molecular complexity index is 319. The van der Waals surface area contributed by atoms with Gasteiger partial charge in [0.1, 0.15) is 12.4 Å². The number of rotatable bonds is 3. The third-order valence-electron chi connectivity index (χ3n) is 2.12. The highest BCUT2D eigenvalue weighted by molar-refractivity contribution is 5.63. The fourth-order valence-electron chi connectivity index (χ4n) is 1.19. The van der Waals surface area contributed by atoms with Crippen molar-refractivity contribution in [1.82, 2.24) is 0 Å². The van der Waals surface area contributed by atoms with Crippen LogP contribution in [0.5, 0.6) is 5.75 Å². The number of hydrogen-bond donors (Lipinski definition) is 0. The van der Waals surface area contributed by atoms with Crippen molar-refractivity contribution in [2.24, 2.45) is 0 Å².